The second kappa shape index (κ2) is 8.10. The summed E-state index contributed by atoms with van der Waals surface area (Å²) in [5.74, 6) is -0.205. The molecular weight excluding hydrogens is 374 g/mol. The van der Waals surface area contributed by atoms with Crippen molar-refractivity contribution in [3.63, 3.8) is 0 Å². The van der Waals surface area contributed by atoms with E-state index >= 15 is 0 Å². The quantitative estimate of drug-likeness (QED) is 0.523. The molecule has 0 unspecified atom stereocenters. The zero-order chi connectivity index (χ0) is 19.3. The Labute approximate surface area is 167 Å². The summed E-state index contributed by atoms with van der Waals surface area (Å²) in [7, 11) is 0. The topological polar surface area (TPSA) is 75.6 Å². The van der Waals surface area contributed by atoms with Gasteiger partial charge in [0.25, 0.3) is 5.91 Å². The number of hydrogen-bond donors (Lipinski definition) is 2. The van der Waals surface area contributed by atoms with Crippen molar-refractivity contribution < 1.29 is 4.79 Å². The predicted molar refractivity (Wildman–Crippen MR) is 109 cm³/mol. The molecule has 0 radical (unpaired) electrons. The minimum absolute atomic E-state index is 0.205. The van der Waals surface area contributed by atoms with E-state index in [2.05, 4.69) is 20.6 Å². The predicted octanol–water partition coefficient (Wildman–Crippen LogP) is 3.89. The molecule has 0 bridgehead atoms. The van der Waals surface area contributed by atoms with E-state index in [-0.39, 0.29) is 5.91 Å². The molecular formula is C21H18ClN5O. The molecule has 28 heavy (non-hydrogen) atoms. The number of hydrogen-bond acceptors (Lipinski definition) is 3. The molecule has 0 fully saturated rings. The number of nitrogens with one attached hydrogen (secondary N) is 2. The van der Waals surface area contributed by atoms with Crippen LogP contribution in [-0.2, 0) is 6.42 Å². The van der Waals surface area contributed by atoms with Gasteiger partial charge in [-0.05, 0) is 36.4 Å². The molecule has 0 saturated carbocycles. The SMILES string of the molecule is O=C(NCCc1ccn(-c2ccccc2)n1)c1cc(-c2cccc(Cl)c2)n[nH]1. The van der Waals surface area contributed by atoms with E-state index in [0.717, 1.165) is 16.9 Å². The third-order valence-electron chi connectivity index (χ3n) is 4.27. The minimum atomic E-state index is -0.205. The molecule has 7 heteroatoms. The van der Waals surface area contributed by atoms with Gasteiger partial charge < -0.3 is 5.32 Å². The Morgan fingerprint density at radius 2 is 1.93 bits per heavy atom. The summed E-state index contributed by atoms with van der Waals surface area (Å²) >= 11 is 6.01. The first-order chi connectivity index (χ1) is 13.7. The van der Waals surface area contributed by atoms with Crippen molar-refractivity contribution in [1.82, 2.24) is 25.3 Å². The van der Waals surface area contributed by atoms with E-state index in [4.69, 9.17) is 11.6 Å². The number of aromatic nitrogens is 4. The molecule has 6 nitrogen and oxygen atoms in total. The lowest BCUT2D eigenvalue weighted by molar-refractivity contribution is 0.0949. The van der Waals surface area contributed by atoms with Crippen molar-refractivity contribution in [3.8, 4) is 16.9 Å². The van der Waals surface area contributed by atoms with Gasteiger partial charge in [-0.15, -0.1) is 0 Å². The maximum absolute atomic E-state index is 12.3. The first-order valence-corrected chi connectivity index (χ1v) is 9.26. The highest BCUT2D eigenvalue weighted by molar-refractivity contribution is 6.30. The van der Waals surface area contributed by atoms with Gasteiger partial charge in [0.2, 0.25) is 0 Å². The van der Waals surface area contributed by atoms with Crippen molar-refractivity contribution in [2.45, 2.75) is 6.42 Å². The van der Waals surface area contributed by atoms with Gasteiger partial charge in [-0.1, -0.05) is 41.9 Å². The summed E-state index contributed by atoms with van der Waals surface area (Å²) in [6, 6.07) is 20.9. The van der Waals surface area contributed by atoms with E-state index in [1.807, 2.05) is 65.5 Å². The fraction of sp³-hybridized carbons (Fsp3) is 0.0952. The molecule has 1 amide bonds. The summed E-state index contributed by atoms with van der Waals surface area (Å²) < 4.78 is 1.82. The Balaban J connectivity index is 1.33. The highest BCUT2D eigenvalue weighted by Gasteiger charge is 2.11. The first-order valence-electron chi connectivity index (χ1n) is 8.88. The molecule has 4 aromatic rings. The lowest BCUT2D eigenvalue weighted by Gasteiger charge is -2.02. The van der Waals surface area contributed by atoms with Crippen LogP contribution in [0.1, 0.15) is 16.2 Å². The van der Waals surface area contributed by atoms with Crippen molar-refractivity contribution in [3.05, 3.63) is 89.3 Å². The second-order valence-corrected chi connectivity index (χ2v) is 6.71. The average Bonchev–Trinajstić information content (AvgIpc) is 3.39. The molecule has 0 aliphatic rings. The Morgan fingerprint density at radius 3 is 2.75 bits per heavy atom. The number of amides is 1. The van der Waals surface area contributed by atoms with Gasteiger partial charge in [0, 0.05) is 29.7 Å². The number of benzene rings is 2. The zero-order valence-electron chi connectivity index (χ0n) is 15.0. The maximum atomic E-state index is 12.3. The Kier molecular flexibility index (Phi) is 5.21. The number of halogens is 1. The monoisotopic (exact) mass is 391 g/mol. The van der Waals surface area contributed by atoms with E-state index < -0.39 is 0 Å². The molecule has 2 heterocycles. The number of rotatable bonds is 6. The standard InChI is InChI=1S/C21H18ClN5O/c22-16-6-4-5-15(13-16)19-14-20(25-24-19)21(28)23-11-9-17-10-12-27(26-17)18-7-2-1-3-8-18/h1-8,10,12-14H,9,11H2,(H,23,28)(H,24,25). The number of aromatic amines is 1. The van der Waals surface area contributed by atoms with E-state index in [0.29, 0.717) is 29.4 Å². The normalized spacial score (nSPS) is 10.8. The lowest BCUT2D eigenvalue weighted by atomic mass is 10.1. The highest BCUT2D eigenvalue weighted by Crippen LogP contribution is 2.21. The molecule has 0 aliphatic heterocycles. The average molecular weight is 392 g/mol. The van der Waals surface area contributed by atoms with Gasteiger partial charge in [-0.3, -0.25) is 9.89 Å². The molecule has 2 aromatic heterocycles. The van der Waals surface area contributed by atoms with Crippen LogP contribution in [0.4, 0.5) is 0 Å². The first kappa shape index (κ1) is 18.0. The van der Waals surface area contributed by atoms with Crippen molar-refractivity contribution in [1.29, 1.82) is 0 Å². The number of carbonyl (C=O) groups excluding carboxylic acids is 1. The van der Waals surface area contributed by atoms with E-state index in [1.165, 1.54) is 0 Å². The second-order valence-electron chi connectivity index (χ2n) is 6.27. The van der Waals surface area contributed by atoms with Gasteiger partial charge in [0.05, 0.1) is 17.1 Å². The number of para-hydroxylation sites is 1. The van der Waals surface area contributed by atoms with Crippen LogP contribution in [0.5, 0.6) is 0 Å². The third kappa shape index (κ3) is 4.13. The summed E-state index contributed by atoms with van der Waals surface area (Å²) in [5.41, 5.74) is 3.85. The Morgan fingerprint density at radius 1 is 1.07 bits per heavy atom. The van der Waals surface area contributed by atoms with Crippen LogP contribution in [-0.4, -0.2) is 32.4 Å². The lowest BCUT2D eigenvalue weighted by Crippen LogP contribution is -2.26. The molecule has 2 N–H and O–H groups in total. The van der Waals surface area contributed by atoms with Crippen LogP contribution >= 0.6 is 11.6 Å². The van der Waals surface area contributed by atoms with Crippen LogP contribution in [0, 0.1) is 0 Å². The summed E-state index contributed by atoms with van der Waals surface area (Å²) in [4.78, 5) is 12.3. The summed E-state index contributed by atoms with van der Waals surface area (Å²) in [6.45, 7) is 0.482. The van der Waals surface area contributed by atoms with Crippen LogP contribution in [0.2, 0.25) is 5.02 Å². The molecule has 0 saturated heterocycles. The van der Waals surface area contributed by atoms with E-state index in [1.54, 1.807) is 12.1 Å². The van der Waals surface area contributed by atoms with Gasteiger partial charge in [-0.2, -0.15) is 10.2 Å². The van der Waals surface area contributed by atoms with Crippen LogP contribution in [0.15, 0.2) is 72.9 Å². The molecule has 0 atom stereocenters. The van der Waals surface area contributed by atoms with Gasteiger partial charge in [0.15, 0.2) is 0 Å². The third-order valence-corrected chi connectivity index (χ3v) is 4.51. The van der Waals surface area contributed by atoms with Gasteiger partial charge >= 0.3 is 0 Å². The highest BCUT2D eigenvalue weighted by atomic mass is 35.5. The Bertz CT molecular complexity index is 1090. The van der Waals surface area contributed by atoms with Crippen LogP contribution < -0.4 is 5.32 Å². The summed E-state index contributed by atoms with van der Waals surface area (Å²) in [6.07, 6.45) is 2.56. The maximum Gasteiger partial charge on any atom is 0.269 e. The van der Waals surface area contributed by atoms with Crippen molar-refractivity contribution >= 4 is 17.5 Å². The molecule has 2 aromatic carbocycles. The molecule has 140 valence electrons. The summed E-state index contributed by atoms with van der Waals surface area (Å²) in [5, 5.41) is 15.0. The van der Waals surface area contributed by atoms with E-state index in [9.17, 15) is 4.79 Å². The fourth-order valence-corrected chi connectivity index (χ4v) is 3.04. The van der Waals surface area contributed by atoms with Gasteiger partial charge in [0.1, 0.15) is 5.69 Å². The molecule has 0 aliphatic carbocycles. The van der Waals surface area contributed by atoms with Crippen molar-refractivity contribution in [2.24, 2.45) is 0 Å². The smallest absolute Gasteiger partial charge is 0.269 e. The molecule has 4 rings (SSSR count). The number of nitrogens with zero attached hydrogens (tertiary/aromatic N) is 3. The fourth-order valence-electron chi connectivity index (χ4n) is 2.85. The van der Waals surface area contributed by atoms with Crippen molar-refractivity contribution in [2.75, 3.05) is 6.54 Å². The van der Waals surface area contributed by atoms with Gasteiger partial charge in [-0.25, -0.2) is 4.68 Å². The number of carbonyl (C=O) groups is 1. The largest absolute Gasteiger partial charge is 0.350 e. The zero-order valence-corrected chi connectivity index (χ0v) is 15.7. The minimum Gasteiger partial charge on any atom is -0.350 e. The Hall–Kier alpha value is -3.38. The molecule has 0 spiro atoms. The van der Waals surface area contributed by atoms with Crippen LogP contribution in [0.3, 0.4) is 0 Å². The number of H-pyrrole nitrogens is 1. The van der Waals surface area contributed by atoms with Crippen LogP contribution in [0.25, 0.3) is 16.9 Å².